The highest BCUT2D eigenvalue weighted by atomic mass is 79.9. The molecule has 1 aromatic heterocycles. The number of anilines is 2. The molecule has 0 aliphatic carbocycles. The van der Waals surface area contributed by atoms with Crippen LogP contribution >= 0.6 is 15.9 Å². The number of carbonyl (C=O) groups is 1. The van der Waals surface area contributed by atoms with Crippen LogP contribution in [-0.4, -0.2) is 11.9 Å². The second kappa shape index (κ2) is 7.00. The van der Waals surface area contributed by atoms with E-state index in [1.165, 1.54) is 0 Å². The third-order valence-corrected chi connectivity index (χ3v) is 5.13. The highest BCUT2D eigenvalue weighted by Crippen LogP contribution is 2.39. The molecule has 1 aliphatic heterocycles. The van der Waals surface area contributed by atoms with Gasteiger partial charge in [0, 0.05) is 17.4 Å². The van der Waals surface area contributed by atoms with Crippen molar-refractivity contribution in [2.24, 2.45) is 0 Å². The minimum atomic E-state index is -0.117. The van der Waals surface area contributed by atoms with Crippen LogP contribution in [0.5, 0.6) is 0 Å². The molecule has 1 aliphatic rings. The van der Waals surface area contributed by atoms with E-state index in [4.69, 9.17) is 4.42 Å². The Hall–Kier alpha value is -2.53. The molecule has 2 heterocycles. The fourth-order valence-corrected chi connectivity index (χ4v) is 3.85. The van der Waals surface area contributed by atoms with E-state index in [1.807, 2.05) is 41.3 Å². The molecule has 0 saturated heterocycles. The molecule has 4 nitrogen and oxygen atoms in total. The summed E-state index contributed by atoms with van der Waals surface area (Å²) in [5.41, 5.74) is 3.12. The van der Waals surface area contributed by atoms with Crippen LogP contribution in [-0.2, 0) is 0 Å². The van der Waals surface area contributed by atoms with Gasteiger partial charge in [0.15, 0.2) is 10.4 Å². The minimum absolute atomic E-state index is 0.0440. The van der Waals surface area contributed by atoms with Gasteiger partial charge in [-0.25, -0.2) is 0 Å². The number of hydrogen-bond donors (Lipinski definition) is 1. The summed E-state index contributed by atoms with van der Waals surface area (Å²) in [6, 6.07) is 21.9. The number of benzene rings is 2. The SMILES string of the molecule is C[C@H]1C[C@H](Nc2ccccc2)c2ccccc2N1C(=O)c1ccc(Br)o1. The molecular formula is C21H19BrN2O2. The Morgan fingerprint density at radius 3 is 2.54 bits per heavy atom. The molecule has 4 rings (SSSR count). The Morgan fingerprint density at radius 2 is 1.81 bits per heavy atom. The second-order valence-corrected chi connectivity index (χ2v) is 7.27. The largest absolute Gasteiger partial charge is 0.444 e. The monoisotopic (exact) mass is 410 g/mol. The van der Waals surface area contributed by atoms with E-state index in [0.29, 0.717) is 10.4 Å². The van der Waals surface area contributed by atoms with Crippen LogP contribution in [0.25, 0.3) is 0 Å². The number of rotatable bonds is 3. The number of fused-ring (bicyclic) bond motifs is 1. The molecule has 3 aromatic rings. The van der Waals surface area contributed by atoms with Crippen molar-refractivity contribution in [3.05, 3.63) is 82.7 Å². The summed E-state index contributed by atoms with van der Waals surface area (Å²) < 4.78 is 6.05. The second-order valence-electron chi connectivity index (χ2n) is 6.49. The standard InChI is InChI=1S/C21H19BrN2O2/c1-14-13-17(23-15-7-3-2-4-8-15)16-9-5-6-10-18(16)24(14)21(25)19-11-12-20(22)26-19/h2-12,14,17,23H,13H2,1H3/t14-,17-/m0/s1. The maximum absolute atomic E-state index is 13.0. The van der Waals surface area contributed by atoms with E-state index in [9.17, 15) is 4.79 Å². The number of hydrogen-bond acceptors (Lipinski definition) is 3. The lowest BCUT2D eigenvalue weighted by Gasteiger charge is -2.39. The van der Waals surface area contributed by atoms with Crippen LogP contribution in [0.15, 0.2) is 75.8 Å². The van der Waals surface area contributed by atoms with Crippen molar-refractivity contribution in [2.45, 2.75) is 25.4 Å². The molecule has 0 bridgehead atoms. The molecule has 132 valence electrons. The highest BCUT2D eigenvalue weighted by Gasteiger charge is 2.35. The maximum Gasteiger partial charge on any atom is 0.294 e. The number of nitrogens with zero attached hydrogens (tertiary/aromatic N) is 1. The van der Waals surface area contributed by atoms with Crippen LogP contribution in [0.1, 0.15) is 35.5 Å². The van der Waals surface area contributed by atoms with Crippen molar-refractivity contribution in [1.29, 1.82) is 0 Å². The van der Waals surface area contributed by atoms with E-state index < -0.39 is 0 Å². The summed E-state index contributed by atoms with van der Waals surface area (Å²) in [5, 5.41) is 3.60. The third kappa shape index (κ3) is 3.15. The van der Waals surface area contributed by atoms with Crippen LogP contribution in [0.2, 0.25) is 0 Å². The third-order valence-electron chi connectivity index (χ3n) is 4.71. The topological polar surface area (TPSA) is 45.5 Å². The highest BCUT2D eigenvalue weighted by molar-refractivity contribution is 9.10. The van der Waals surface area contributed by atoms with Gasteiger partial charge in [-0.3, -0.25) is 4.79 Å². The number of nitrogens with one attached hydrogen (secondary N) is 1. The number of amides is 1. The Labute approximate surface area is 160 Å². The van der Waals surface area contributed by atoms with Gasteiger partial charge < -0.3 is 14.6 Å². The Kier molecular flexibility index (Phi) is 4.55. The zero-order valence-electron chi connectivity index (χ0n) is 14.4. The van der Waals surface area contributed by atoms with E-state index in [-0.39, 0.29) is 18.0 Å². The molecule has 26 heavy (non-hydrogen) atoms. The predicted molar refractivity (Wildman–Crippen MR) is 107 cm³/mol. The fraction of sp³-hybridized carbons (Fsp3) is 0.190. The van der Waals surface area contributed by atoms with E-state index in [1.54, 1.807) is 12.1 Å². The maximum atomic E-state index is 13.0. The summed E-state index contributed by atoms with van der Waals surface area (Å²) in [7, 11) is 0. The van der Waals surface area contributed by atoms with Gasteiger partial charge in [0.25, 0.3) is 5.91 Å². The quantitative estimate of drug-likeness (QED) is 0.607. The van der Waals surface area contributed by atoms with Crippen molar-refractivity contribution in [1.82, 2.24) is 0 Å². The summed E-state index contributed by atoms with van der Waals surface area (Å²) in [6.45, 7) is 2.07. The lowest BCUT2D eigenvalue weighted by molar-refractivity contribution is 0.0946. The first-order chi connectivity index (χ1) is 12.6. The zero-order chi connectivity index (χ0) is 18.1. The Balaban J connectivity index is 1.69. The predicted octanol–water partition coefficient (Wildman–Crippen LogP) is 5.63. The molecule has 2 atom stereocenters. The van der Waals surface area contributed by atoms with Crippen molar-refractivity contribution in [2.75, 3.05) is 10.2 Å². The van der Waals surface area contributed by atoms with Crippen LogP contribution in [0.3, 0.4) is 0 Å². The summed E-state index contributed by atoms with van der Waals surface area (Å²) >= 11 is 3.27. The Bertz CT molecular complexity index is 923. The van der Waals surface area contributed by atoms with E-state index in [0.717, 1.165) is 23.4 Å². The number of furan rings is 1. The van der Waals surface area contributed by atoms with Crippen molar-refractivity contribution in [3.63, 3.8) is 0 Å². The van der Waals surface area contributed by atoms with Gasteiger partial charge in [-0.2, -0.15) is 0 Å². The van der Waals surface area contributed by atoms with Crippen LogP contribution < -0.4 is 10.2 Å². The van der Waals surface area contributed by atoms with Gasteiger partial charge >= 0.3 is 0 Å². The van der Waals surface area contributed by atoms with Crippen molar-refractivity contribution in [3.8, 4) is 0 Å². The average Bonchev–Trinajstić information content (AvgIpc) is 3.09. The summed E-state index contributed by atoms with van der Waals surface area (Å²) in [5.74, 6) is 0.224. The first-order valence-corrected chi connectivity index (χ1v) is 9.42. The summed E-state index contributed by atoms with van der Waals surface area (Å²) in [4.78, 5) is 14.9. The number of carbonyl (C=O) groups excluding carboxylic acids is 1. The van der Waals surface area contributed by atoms with Gasteiger partial charge in [-0.1, -0.05) is 36.4 Å². The van der Waals surface area contributed by atoms with Gasteiger partial charge in [-0.05, 0) is 65.2 Å². The fourth-order valence-electron chi connectivity index (χ4n) is 3.54. The van der Waals surface area contributed by atoms with E-state index in [2.05, 4.69) is 46.4 Å². The lowest BCUT2D eigenvalue weighted by atomic mass is 9.91. The average molecular weight is 411 g/mol. The van der Waals surface area contributed by atoms with Crippen molar-refractivity contribution >= 4 is 33.2 Å². The normalized spacial score (nSPS) is 19.1. The minimum Gasteiger partial charge on any atom is -0.444 e. The molecule has 5 heteroatoms. The lowest BCUT2D eigenvalue weighted by Crippen LogP contribution is -2.44. The molecule has 0 fully saturated rings. The first kappa shape index (κ1) is 16.9. The number of para-hydroxylation sites is 2. The van der Waals surface area contributed by atoms with Crippen LogP contribution in [0.4, 0.5) is 11.4 Å². The molecular weight excluding hydrogens is 392 g/mol. The van der Waals surface area contributed by atoms with Gasteiger partial charge in [0.1, 0.15) is 0 Å². The zero-order valence-corrected chi connectivity index (χ0v) is 15.9. The smallest absolute Gasteiger partial charge is 0.294 e. The molecule has 0 radical (unpaired) electrons. The van der Waals surface area contributed by atoms with Crippen LogP contribution in [0, 0.1) is 0 Å². The van der Waals surface area contributed by atoms with Gasteiger partial charge in [0.2, 0.25) is 0 Å². The summed E-state index contributed by atoms with van der Waals surface area (Å²) in [6.07, 6.45) is 0.819. The molecule has 1 amide bonds. The van der Waals surface area contributed by atoms with Gasteiger partial charge in [0.05, 0.1) is 6.04 Å². The molecule has 0 saturated carbocycles. The molecule has 0 unspecified atom stereocenters. The van der Waals surface area contributed by atoms with Crippen molar-refractivity contribution < 1.29 is 9.21 Å². The number of halogens is 1. The van der Waals surface area contributed by atoms with E-state index >= 15 is 0 Å². The Morgan fingerprint density at radius 1 is 1.08 bits per heavy atom. The molecule has 2 aromatic carbocycles. The first-order valence-electron chi connectivity index (χ1n) is 8.63. The molecule has 1 N–H and O–H groups in total. The van der Waals surface area contributed by atoms with Gasteiger partial charge in [-0.15, -0.1) is 0 Å². The molecule has 0 spiro atoms.